The molecule has 214 valence electrons. The molecule has 0 aliphatic heterocycles. The van der Waals surface area contributed by atoms with Crippen LogP contribution >= 0.6 is 0 Å². The molecule has 0 saturated carbocycles. The second kappa shape index (κ2) is 11.1. The molecule has 45 heavy (non-hydrogen) atoms. The van der Waals surface area contributed by atoms with Crippen LogP contribution in [0, 0.1) is 0 Å². The fraction of sp³-hybridized carbons (Fsp3) is 0.0465. The zero-order valence-electron chi connectivity index (χ0n) is 25.0. The molecule has 8 aromatic rings. The molecule has 0 amide bonds. The van der Waals surface area contributed by atoms with Crippen molar-refractivity contribution in [1.82, 2.24) is 0 Å². The molecule has 0 saturated heterocycles. The molecular weight excluding hydrogens is 548 g/mol. The quantitative estimate of drug-likeness (QED) is 0.145. The van der Waals surface area contributed by atoms with Gasteiger partial charge < -0.3 is 4.74 Å². The topological polar surface area (TPSA) is 26.3 Å². The Labute approximate surface area is 262 Å². The molecule has 2 heteroatoms. The summed E-state index contributed by atoms with van der Waals surface area (Å²) in [5.41, 5.74) is 9.50. The van der Waals surface area contributed by atoms with Crippen molar-refractivity contribution in [1.29, 1.82) is 0 Å². The number of esters is 1. The zero-order chi connectivity index (χ0) is 30.3. The van der Waals surface area contributed by atoms with Gasteiger partial charge in [0.15, 0.2) is 0 Å². The summed E-state index contributed by atoms with van der Waals surface area (Å²) < 4.78 is 5.50. The Bertz CT molecular complexity index is 2260. The molecule has 0 heterocycles. The largest absolute Gasteiger partial charge is 0.462 e. The molecular formula is C43H30O2. The summed E-state index contributed by atoms with van der Waals surface area (Å²) in [6.45, 7) is 2.17. The highest BCUT2D eigenvalue weighted by Gasteiger charge is 2.23. The monoisotopic (exact) mass is 578 g/mol. The van der Waals surface area contributed by atoms with Gasteiger partial charge in [-0.25, -0.2) is 4.79 Å². The van der Waals surface area contributed by atoms with Gasteiger partial charge >= 0.3 is 5.97 Å². The van der Waals surface area contributed by atoms with E-state index in [1.165, 1.54) is 43.8 Å². The molecule has 0 aliphatic rings. The van der Waals surface area contributed by atoms with E-state index >= 15 is 0 Å². The SMILES string of the molecule is CCOC(=O)c1ccccc1-c1cc2ccc3c(-c4ccccc4)cc(-c4ccccc4)c4ccc(c1-c1ccccc1)c2c34. The molecule has 0 aliphatic carbocycles. The third-order valence-corrected chi connectivity index (χ3v) is 8.85. The molecule has 0 unspecified atom stereocenters. The molecule has 0 aromatic heterocycles. The molecule has 0 atom stereocenters. The number of carbonyl (C=O) groups excluding carboxylic acids is 1. The van der Waals surface area contributed by atoms with Crippen LogP contribution in [0.2, 0.25) is 0 Å². The Hall–Kier alpha value is -5.73. The summed E-state index contributed by atoms with van der Waals surface area (Å²) in [4.78, 5) is 13.2. The average molecular weight is 579 g/mol. The van der Waals surface area contributed by atoms with Crippen LogP contribution in [0.5, 0.6) is 0 Å². The normalized spacial score (nSPS) is 11.4. The van der Waals surface area contributed by atoms with Gasteiger partial charge in [0.2, 0.25) is 0 Å². The van der Waals surface area contributed by atoms with Gasteiger partial charge in [-0.15, -0.1) is 0 Å². The second-order valence-corrected chi connectivity index (χ2v) is 11.4. The van der Waals surface area contributed by atoms with Crippen LogP contribution < -0.4 is 0 Å². The van der Waals surface area contributed by atoms with Crippen LogP contribution in [-0.4, -0.2) is 12.6 Å². The van der Waals surface area contributed by atoms with Crippen molar-refractivity contribution in [3.05, 3.63) is 157 Å². The van der Waals surface area contributed by atoms with Crippen molar-refractivity contribution in [3.63, 3.8) is 0 Å². The molecule has 0 bridgehead atoms. The highest BCUT2D eigenvalue weighted by Crippen LogP contribution is 2.48. The number of benzene rings is 8. The van der Waals surface area contributed by atoms with E-state index in [2.05, 4.69) is 121 Å². The van der Waals surface area contributed by atoms with Gasteiger partial charge in [0, 0.05) is 0 Å². The first-order chi connectivity index (χ1) is 22.2. The zero-order valence-corrected chi connectivity index (χ0v) is 25.0. The number of rotatable bonds is 6. The summed E-state index contributed by atoms with van der Waals surface area (Å²) in [7, 11) is 0. The van der Waals surface area contributed by atoms with Crippen LogP contribution in [0.15, 0.2) is 152 Å². The van der Waals surface area contributed by atoms with Crippen molar-refractivity contribution in [3.8, 4) is 44.5 Å². The third kappa shape index (κ3) is 4.46. The lowest BCUT2D eigenvalue weighted by atomic mass is 9.81. The van der Waals surface area contributed by atoms with Crippen LogP contribution in [-0.2, 0) is 4.74 Å². The van der Waals surface area contributed by atoms with Crippen molar-refractivity contribution >= 4 is 38.3 Å². The molecule has 0 radical (unpaired) electrons. The standard InChI is InChI=1S/C43H30O2/c1-2-45-43(44)35-21-13-12-20-32(35)39-26-31-22-23-33-37(28-14-6-3-7-15-28)27-38(29-16-8-4-9-17-29)34-24-25-36(41(31)42(33)34)40(39)30-18-10-5-11-19-30/h3-27H,2H2,1H3. The minimum atomic E-state index is -0.308. The van der Waals surface area contributed by atoms with E-state index in [4.69, 9.17) is 4.74 Å². The van der Waals surface area contributed by atoms with Crippen LogP contribution in [0.25, 0.3) is 76.8 Å². The van der Waals surface area contributed by atoms with Crippen LogP contribution in [0.3, 0.4) is 0 Å². The fourth-order valence-electron chi connectivity index (χ4n) is 6.92. The van der Waals surface area contributed by atoms with Gasteiger partial charge in [-0.2, -0.15) is 0 Å². The summed E-state index contributed by atoms with van der Waals surface area (Å²) >= 11 is 0. The van der Waals surface area contributed by atoms with Gasteiger partial charge in [0.25, 0.3) is 0 Å². The maximum atomic E-state index is 13.2. The Kier molecular flexibility index (Phi) is 6.61. The van der Waals surface area contributed by atoms with E-state index in [9.17, 15) is 4.79 Å². The number of hydrogen-bond acceptors (Lipinski definition) is 2. The second-order valence-electron chi connectivity index (χ2n) is 11.4. The first-order valence-electron chi connectivity index (χ1n) is 15.4. The minimum Gasteiger partial charge on any atom is -0.462 e. The van der Waals surface area contributed by atoms with E-state index < -0.39 is 0 Å². The Balaban J connectivity index is 1.54. The maximum Gasteiger partial charge on any atom is 0.338 e. The molecule has 0 N–H and O–H groups in total. The third-order valence-electron chi connectivity index (χ3n) is 8.85. The smallest absolute Gasteiger partial charge is 0.338 e. The highest BCUT2D eigenvalue weighted by molar-refractivity contribution is 6.31. The molecule has 2 nitrogen and oxygen atoms in total. The van der Waals surface area contributed by atoms with Crippen molar-refractivity contribution in [2.45, 2.75) is 6.92 Å². The lowest BCUT2D eigenvalue weighted by Gasteiger charge is -2.22. The highest BCUT2D eigenvalue weighted by atomic mass is 16.5. The molecule has 0 spiro atoms. The Morgan fingerprint density at radius 2 is 1.02 bits per heavy atom. The average Bonchev–Trinajstić information content (AvgIpc) is 3.11. The predicted octanol–water partition coefficient (Wildman–Crippen LogP) is 11.4. The number of carbonyl (C=O) groups is 1. The van der Waals surface area contributed by atoms with Crippen LogP contribution in [0.1, 0.15) is 17.3 Å². The van der Waals surface area contributed by atoms with Gasteiger partial charge in [0.1, 0.15) is 0 Å². The lowest BCUT2D eigenvalue weighted by molar-refractivity contribution is 0.0527. The number of hydrogen-bond donors (Lipinski definition) is 0. The van der Waals surface area contributed by atoms with Crippen molar-refractivity contribution in [2.75, 3.05) is 6.61 Å². The van der Waals surface area contributed by atoms with E-state index in [0.717, 1.165) is 33.0 Å². The molecule has 8 aromatic carbocycles. The minimum absolute atomic E-state index is 0.308. The van der Waals surface area contributed by atoms with Gasteiger partial charge in [-0.1, -0.05) is 133 Å². The number of ether oxygens (including phenoxy) is 1. The maximum absolute atomic E-state index is 13.2. The van der Waals surface area contributed by atoms with Crippen molar-refractivity contribution in [2.24, 2.45) is 0 Å². The lowest BCUT2D eigenvalue weighted by Crippen LogP contribution is -2.06. The fourth-order valence-corrected chi connectivity index (χ4v) is 6.92. The van der Waals surface area contributed by atoms with Gasteiger partial charge in [-0.05, 0) is 102 Å². The predicted molar refractivity (Wildman–Crippen MR) is 188 cm³/mol. The summed E-state index contributed by atoms with van der Waals surface area (Å²) in [6.07, 6.45) is 0. The Morgan fingerprint density at radius 3 is 1.64 bits per heavy atom. The summed E-state index contributed by atoms with van der Waals surface area (Å²) in [5, 5.41) is 7.25. The van der Waals surface area contributed by atoms with E-state index in [0.29, 0.717) is 12.2 Å². The van der Waals surface area contributed by atoms with E-state index in [1.807, 2.05) is 37.3 Å². The van der Waals surface area contributed by atoms with E-state index in [1.54, 1.807) is 0 Å². The first-order valence-corrected chi connectivity index (χ1v) is 15.4. The first kappa shape index (κ1) is 26.9. The van der Waals surface area contributed by atoms with Crippen molar-refractivity contribution < 1.29 is 9.53 Å². The van der Waals surface area contributed by atoms with E-state index in [-0.39, 0.29) is 5.97 Å². The van der Waals surface area contributed by atoms with Gasteiger partial charge in [-0.3, -0.25) is 0 Å². The Morgan fingerprint density at radius 1 is 0.489 bits per heavy atom. The molecule has 0 fully saturated rings. The summed E-state index contributed by atoms with van der Waals surface area (Å²) in [5.74, 6) is -0.308. The van der Waals surface area contributed by atoms with Gasteiger partial charge in [0.05, 0.1) is 12.2 Å². The molecule has 8 rings (SSSR count). The summed E-state index contributed by atoms with van der Waals surface area (Å²) in [6, 6.07) is 53.4. The van der Waals surface area contributed by atoms with Crippen LogP contribution in [0.4, 0.5) is 0 Å².